The molecule has 36 heavy (non-hydrogen) atoms. The minimum absolute atomic E-state index is 0.00212. The average molecular weight is 503 g/mol. The molecule has 0 aromatic rings. The SMILES string of the molecule is CC1=C(C(C)O)CC2OC1OC2(C)C1CCC2(O)C3=CC(=O)C4CC(O)C(O)CC4(C)C3CCC12C. The molecule has 0 aromatic carbocycles. The Kier molecular flexibility index (Phi) is 5.41. The number of aliphatic hydroxyl groups is 4. The van der Waals surface area contributed by atoms with Gasteiger partial charge in [0, 0.05) is 17.8 Å². The molecule has 4 N–H and O–H groups in total. The monoisotopic (exact) mass is 502 g/mol. The molecule has 4 aliphatic carbocycles. The number of allylic oxidation sites excluding steroid dienone is 1. The van der Waals surface area contributed by atoms with E-state index in [-0.39, 0.29) is 36.1 Å². The van der Waals surface area contributed by atoms with E-state index in [0.717, 1.165) is 36.0 Å². The normalized spacial score (nSPS) is 55.1. The molecule has 1 saturated heterocycles. The maximum absolute atomic E-state index is 13.4. The van der Waals surface area contributed by atoms with Crippen LogP contribution in [0.5, 0.6) is 0 Å². The van der Waals surface area contributed by atoms with Gasteiger partial charge in [-0.2, -0.15) is 0 Å². The van der Waals surface area contributed by atoms with Gasteiger partial charge in [0.1, 0.15) is 0 Å². The van der Waals surface area contributed by atoms with E-state index >= 15 is 0 Å². The minimum Gasteiger partial charge on any atom is -0.390 e. The van der Waals surface area contributed by atoms with Gasteiger partial charge in [0.15, 0.2) is 12.1 Å². The fourth-order valence-corrected chi connectivity index (χ4v) is 9.67. The lowest BCUT2D eigenvalue weighted by molar-refractivity contribution is -0.164. The Bertz CT molecular complexity index is 1050. The van der Waals surface area contributed by atoms with Gasteiger partial charge >= 0.3 is 0 Å². The summed E-state index contributed by atoms with van der Waals surface area (Å²) < 4.78 is 13.0. The van der Waals surface area contributed by atoms with E-state index in [9.17, 15) is 25.2 Å². The summed E-state index contributed by atoms with van der Waals surface area (Å²) in [6, 6.07) is 0. The molecule has 7 heteroatoms. The number of ether oxygens (including phenoxy) is 2. The summed E-state index contributed by atoms with van der Waals surface area (Å²) in [5, 5.41) is 43.7. The zero-order chi connectivity index (χ0) is 26.0. The van der Waals surface area contributed by atoms with Crippen molar-refractivity contribution in [2.45, 2.75) is 121 Å². The Hall–Kier alpha value is -1.09. The maximum atomic E-state index is 13.4. The number of aliphatic hydroxyl groups excluding tert-OH is 3. The van der Waals surface area contributed by atoms with Crippen molar-refractivity contribution in [3.8, 4) is 0 Å². The van der Waals surface area contributed by atoms with E-state index in [4.69, 9.17) is 9.47 Å². The van der Waals surface area contributed by atoms with Crippen LogP contribution in [0, 0.1) is 28.6 Å². The Labute approximate surface area is 213 Å². The molecule has 6 rings (SSSR count). The quantitative estimate of drug-likeness (QED) is 0.429. The van der Waals surface area contributed by atoms with Gasteiger partial charge in [0.05, 0.1) is 35.6 Å². The van der Waals surface area contributed by atoms with Crippen molar-refractivity contribution in [3.63, 3.8) is 0 Å². The zero-order valence-corrected chi connectivity index (χ0v) is 22.2. The number of rotatable bonds is 2. The fourth-order valence-electron chi connectivity index (χ4n) is 9.67. The summed E-state index contributed by atoms with van der Waals surface area (Å²) in [6.07, 6.45) is 2.95. The topological polar surface area (TPSA) is 116 Å². The molecule has 0 spiro atoms. The lowest BCUT2D eigenvalue weighted by Gasteiger charge is -2.60. The van der Waals surface area contributed by atoms with E-state index in [2.05, 4.69) is 20.8 Å². The number of hydrogen-bond donors (Lipinski definition) is 4. The first-order valence-electron chi connectivity index (χ1n) is 13.8. The van der Waals surface area contributed by atoms with Gasteiger partial charge in [-0.25, -0.2) is 0 Å². The molecule has 2 bridgehead atoms. The van der Waals surface area contributed by atoms with Crippen molar-refractivity contribution in [3.05, 3.63) is 22.8 Å². The first-order valence-corrected chi connectivity index (χ1v) is 13.8. The summed E-state index contributed by atoms with van der Waals surface area (Å²) in [5.41, 5.74) is 0.0327. The van der Waals surface area contributed by atoms with Crippen molar-refractivity contribution in [1.29, 1.82) is 0 Å². The third-order valence-corrected chi connectivity index (χ3v) is 11.9. The highest BCUT2D eigenvalue weighted by molar-refractivity contribution is 5.95. The van der Waals surface area contributed by atoms with Crippen molar-refractivity contribution >= 4 is 5.78 Å². The van der Waals surface area contributed by atoms with Gasteiger partial charge in [-0.05, 0) is 99.3 Å². The first-order chi connectivity index (χ1) is 16.8. The van der Waals surface area contributed by atoms with Crippen molar-refractivity contribution in [2.75, 3.05) is 0 Å². The summed E-state index contributed by atoms with van der Waals surface area (Å²) >= 11 is 0. The molecule has 2 aliphatic heterocycles. The van der Waals surface area contributed by atoms with E-state index < -0.39 is 46.6 Å². The summed E-state index contributed by atoms with van der Waals surface area (Å²) in [6.45, 7) is 10.1. The fraction of sp³-hybridized carbons (Fsp3) is 0.828. The number of carbonyl (C=O) groups excluding carboxylic acids is 1. The van der Waals surface area contributed by atoms with Crippen molar-refractivity contribution in [1.82, 2.24) is 0 Å². The summed E-state index contributed by atoms with van der Waals surface area (Å²) in [4.78, 5) is 13.4. The van der Waals surface area contributed by atoms with Crippen LogP contribution < -0.4 is 0 Å². The number of fused-ring (bicyclic) bond motifs is 7. The molecular formula is C29H42O7. The minimum atomic E-state index is -1.14. The Morgan fingerprint density at radius 3 is 2.50 bits per heavy atom. The average Bonchev–Trinajstić information content (AvgIpc) is 3.24. The van der Waals surface area contributed by atoms with Gasteiger partial charge < -0.3 is 29.9 Å². The van der Waals surface area contributed by atoms with E-state index in [1.165, 1.54) is 0 Å². The van der Waals surface area contributed by atoms with Crippen LogP contribution in [0.15, 0.2) is 22.8 Å². The van der Waals surface area contributed by atoms with Crippen LogP contribution in [-0.4, -0.2) is 68.1 Å². The van der Waals surface area contributed by atoms with Crippen LogP contribution in [0.25, 0.3) is 0 Å². The van der Waals surface area contributed by atoms with Crippen LogP contribution in [-0.2, 0) is 14.3 Å². The lowest BCUT2D eigenvalue weighted by atomic mass is 9.45. The Morgan fingerprint density at radius 2 is 1.81 bits per heavy atom. The molecule has 0 aromatic heterocycles. The molecule has 12 unspecified atom stereocenters. The van der Waals surface area contributed by atoms with Crippen LogP contribution in [0.3, 0.4) is 0 Å². The highest BCUT2D eigenvalue weighted by Gasteiger charge is 2.71. The van der Waals surface area contributed by atoms with E-state index in [0.29, 0.717) is 19.3 Å². The molecule has 0 amide bonds. The van der Waals surface area contributed by atoms with Gasteiger partial charge in [0.2, 0.25) is 0 Å². The molecule has 7 nitrogen and oxygen atoms in total. The van der Waals surface area contributed by atoms with Crippen LogP contribution in [0.1, 0.15) is 79.6 Å². The smallest absolute Gasteiger partial charge is 0.181 e. The van der Waals surface area contributed by atoms with Gasteiger partial charge in [-0.3, -0.25) is 4.79 Å². The second-order valence-electron chi connectivity index (χ2n) is 13.4. The molecular weight excluding hydrogens is 460 g/mol. The maximum Gasteiger partial charge on any atom is 0.181 e. The largest absolute Gasteiger partial charge is 0.390 e. The highest BCUT2D eigenvalue weighted by atomic mass is 16.7. The molecule has 200 valence electrons. The molecule has 6 aliphatic rings. The third kappa shape index (κ3) is 2.99. The highest BCUT2D eigenvalue weighted by Crippen LogP contribution is 2.70. The summed E-state index contributed by atoms with van der Waals surface area (Å²) in [5.74, 6) is -0.337. The summed E-state index contributed by atoms with van der Waals surface area (Å²) in [7, 11) is 0. The van der Waals surface area contributed by atoms with Gasteiger partial charge in [-0.1, -0.05) is 13.8 Å². The second-order valence-corrected chi connectivity index (χ2v) is 13.4. The predicted molar refractivity (Wildman–Crippen MR) is 132 cm³/mol. The van der Waals surface area contributed by atoms with Crippen LogP contribution in [0.2, 0.25) is 0 Å². The standard InChI is InChI=1S/C29H42O7/c1-14-16(15(2)30)10-24-28(5,36-25(14)35-24)23-7-9-29(34)18-11-20(31)19-12-21(32)22(33)13-26(19,3)17(18)6-8-27(23,29)4/h11,15,17,19,21-25,30,32-34H,6-10,12-13H2,1-5H3. The predicted octanol–water partition coefficient (Wildman–Crippen LogP) is 2.79. The van der Waals surface area contributed by atoms with Gasteiger partial charge in [0.25, 0.3) is 0 Å². The molecule has 2 heterocycles. The van der Waals surface area contributed by atoms with Crippen LogP contribution in [0.4, 0.5) is 0 Å². The number of carbonyl (C=O) groups is 1. The molecule has 3 saturated carbocycles. The van der Waals surface area contributed by atoms with Crippen molar-refractivity contribution < 1.29 is 34.7 Å². The number of ketones is 1. The number of hydrogen-bond acceptors (Lipinski definition) is 7. The van der Waals surface area contributed by atoms with E-state index in [1.807, 2.05) is 6.92 Å². The molecule has 4 fully saturated rings. The Balaban J connectivity index is 1.36. The van der Waals surface area contributed by atoms with Gasteiger partial charge in [-0.15, -0.1) is 0 Å². The second kappa shape index (κ2) is 7.73. The van der Waals surface area contributed by atoms with Crippen molar-refractivity contribution in [2.24, 2.45) is 28.6 Å². The molecule has 12 atom stereocenters. The van der Waals surface area contributed by atoms with Crippen LogP contribution >= 0.6 is 0 Å². The Morgan fingerprint density at radius 1 is 1.08 bits per heavy atom. The first kappa shape index (κ1) is 25.2. The molecule has 0 radical (unpaired) electrons. The zero-order valence-electron chi connectivity index (χ0n) is 22.2. The third-order valence-electron chi connectivity index (χ3n) is 11.9. The van der Waals surface area contributed by atoms with E-state index in [1.54, 1.807) is 13.0 Å². The lowest BCUT2D eigenvalue weighted by Crippen LogP contribution is -2.62.